The zero-order valence-electron chi connectivity index (χ0n) is 22.4. The summed E-state index contributed by atoms with van der Waals surface area (Å²) in [6.45, 7) is 7.62. The smallest absolute Gasteiger partial charge is 0.326 e. The molecule has 7 N–H and O–H groups in total. The lowest BCUT2D eigenvalue weighted by Gasteiger charge is -2.27. The van der Waals surface area contributed by atoms with Crippen molar-refractivity contribution in [1.29, 1.82) is 0 Å². The number of aliphatic carboxylic acids is 1. The number of carboxylic acids is 1. The van der Waals surface area contributed by atoms with Crippen LogP contribution in [0.15, 0.2) is 42.9 Å². The second-order valence-electron chi connectivity index (χ2n) is 10.0. The van der Waals surface area contributed by atoms with E-state index in [1.807, 2.05) is 33.8 Å². The number of benzene rings is 1. The van der Waals surface area contributed by atoms with Crippen molar-refractivity contribution in [2.24, 2.45) is 17.6 Å². The molecule has 208 valence electrons. The number of nitrogens with two attached hydrogens (primary N) is 1. The first-order chi connectivity index (χ1) is 18.0. The van der Waals surface area contributed by atoms with Crippen molar-refractivity contribution in [2.45, 2.75) is 77.5 Å². The number of imidazole rings is 1. The lowest BCUT2D eigenvalue weighted by Crippen LogP contribution is -2.58. The lowest BCUT2D eigenvalue weighted by atomic mass is 9.97. The van der Waals surface area contributed by atoms with Crippen molar-refractivity contribution in [1.82, 2.24) is 25.9 Å². The number of hydrogen-bond acceptors (Lipinski definition) is 6. The van der Waals surface area contributed by atoms with Gasteiger partial charge in [0.2, 0.25) is 17.7 Å². The fourth-order valence-corrected chi connectivity index (χ4v) is 3.90. The molecule has 0 aliphatic rings. The summed E-state index contributed by atoms with van der Waals surface area (Å²) in [6.07, 6.45) is 4.12. The standard InChI is InChI=1S/C27H40N6O5/c1-5-17(4)23(28)26(36)32-20(11-16(2)3)24(34)31-21(13-19-14-29-15-30-19)25(35)33-22(27(37)38)12-18-9-7-6-8-10-18/h6-10,14-17,20-23H,5,11-13,28H2,1-4H3,(H,29,30)(H,31,34)(H,32,36)(H,33,35)(H,37,38). The molecular formula is C27H40N6O5. The van der Waals surface area contributed by atoms with Crippen LogP contribution >= 0.6 is 0 Å². The zero-order chi connectivity index (χ0) is 28.2. The van der Waals surface area contributed by atoms with Gasteiger partial charge in [-0.25, -0.2) is 9.78 Å². The Hall–Kier alpha value is -3.73. The van der Waals surface area contributed by atoms with E-state index in [-0.39, 0.29) is 24.7 Å². The van der Waals surface area contributed by atoms with Gasteiger partial charge in [-0.1, -0.05) is 64.4 Å². The van der Waals surface area contributed by atoms with Gasteiger partial charge in [-0.2, -0.15) is 0 Å². The molecule has 0 aliphatic heterocycles. The average Bonchev–Trinajstić information content (AvgIpc) is 3.39. The van der Waals surface area contributed by atoms with E-state index in [9.17, 15) is 24.3 Å². The van der Waals surface area contributed by atoms with Crippen molar-refractivity contribution >= 4 is 23.7 Å². The van der Waals surface area contributed by atoms with E-state index in [0.29, 0.717) is 18.5 Å². The Morgan fingerprint density at radius 3 is 2.08 bits per heavy atom. The summed E-state index contributed by atoms with van der Waals surface area (Å²) in [5.74, 6) is -2.87. The van der Waals surface area contributed by atoms with Crippen molar-refractivity contribution in [3.63, 3.8) is 0 Å². The molecule has 0 saturated carbocycles. The number of aromatic nitrogens is 2. The summed E-state index contributed by atoms with van der Waals surface area (Å²) in [6, 6.07) is 4.91. The van der Waals surface area contributed by atoms with Gasteiger partial charge in [0.1, 0.15) is 18.1 Å². The second-order valence-corrected chi connectivity index (χ2v) is 10.0. The Labute approximate surface area is 223 Å². The van der Waals surface area contributed by atoms with E-state index in [1.165, 1.54) is 12.5 Å². The molecule has 1 aromatic heterocycles. The highest BCUT2D eigenvalue weighted by molar-refractivity contribution is 5.94. The van der Waals surface area contributed by atoms with Crippen LogP contribution in [0.25, 0.3) is 0 Å². The first kappa shape index (κ1) is 30.5. The van der Waals surface area contributed by atoms with Crippen LogP contribution in [0.5, 0.6) is 0 Å². The van der Waals surface area contributed by atoms with Gasteiger partial charge in [0.15, 0.2) is 0 Å². The maximum absolute atomic E-state index is 13.3. The molecule has 2 aromatic rings. The molecule has 0 fully saturated rings. The summed E-state index contributed by atoms with van der Waals surface area (Å²) in [5.41, 5.74) is 7.38. The molecule has 0 spiro atoms. The minimum Gasteiger partial charge on any atom is -0.480 e. The molecule has 5 unspecified atom stereocenters. The predicted molar refractivity (Wildman–Crippen MR) is 143 cm³/mol. The number of H-pyrrole nitrogens is 1. The molecule has 11 heteroatoms. The maximum atomic E-state index is 13.3. The summed E-state index contributed by atoms with van der Waals surface area (Å²) >= 11 is 0. The molecule has 2 rings (SSSR count). The molecule has 0 bridgehead atoms. The van der Waals surface area contributed by atoms with Crippen molar-refractivity contribution in [3.8, 4) is 0 Å². The second kappa shape index (κ2) is 14.9. The number of aromatic amines is 1. The van der Waals surface area contributed by atoms with Gasteiger partial charge in [-0.3, -0.25) is 14.4 Å². The van der Waals surface area contributed by atoms with Crippen LogP contribution in [0.4, 0.5) is 0 Å². The minimum atomic E-state index is -1.20. The maximum Gasteiger partial charge on any atom is 0.326 e. The van der Waals surface area contributed by atoms with E-state index in [2.05, 4.69) is 25.9 Å². The Balaban J connectivity index is 2.21. The molecular weight excluding hydrogens is 488 g/mol. The van der Waals surface area contributed by atoms with Gasteiger partial charge in [-0.05, 0) is 23.8 Å². The van der Waals surface area contributed by atoms with Crippen LogP contribution in [0.2, 0.25) is 0 Å². The number of rotatable bonds is 15. The van der Waals surface area contributed by atoms with Gasteiger partial charge in [0, 0.05) is 24.7 Å². The predicted octanol–water partition coefficient (Wildman–Crippen LogP) is 1.15. The molecule has 11 nitrogen and oxygen atoms in total. The number of carbonyl (C=O) groups excluding carboxylic acids is 3. The van der Waals surface area contributed by atoms with E-state index in [4.69, 9.17) is 5.73 Å². The van der Waals surface area contributed by atoms with Gasteiger partial charge in [-0.15, -0.1) is 0 Å². The highest BCUT2D eigenvalue weighted by Gasteiger charge is 2.31. The van der Waals surface area contributed by atoms with Crippen LogP contribution in [0, 0.1) is 11.8 Å². The minimum absolute atomic E-state index is 0.0456. The Morgan fingerprint density at radius 2 is 1.53 bits per heavy atom. The summed E-state index contributed by atoms with van der Waals surface area (Å²) in [5, 5.41) is 17.7. The molecule has 0 radical (unpaired) electrons. The number of hydrogen-bond donors (Lipinski definition) is 6. The quantitative estimate of drug-likeness (QED) is 0.201. The lowest BCUT2D eigenvalue weighted by molar-refractivity contribution is -0.142. The van der Waals surface area contributed by atoms with Crippen LogP contribution in [-0.4, -0.2) is 62.9 Å². The van der Waals surface area contributed by atoms with Crippen molar-refractivity contribution in [3.05, 3.63) is 54.1 Å². The molecule has 3 amide bonds. The normalized spacial score (nSPS) is 15.1. The fraction of sp³-hybridized carbons (Fsp3) is 0.519. The molecule has 38 heavy (non-hydrogen) atoms. The Kier molecular flexibility index (Phi) is 11.9. The van der Waals surface area contributed by atoms with E-state index in [0.717, 1.165) is 5.56 Å². The van der Waals surface area contributed by atoms with E-state index in [1.54, 1.807) is 24.3 Å². The summed E-state index contributed by atoms with van der Waals surface area (Å²) in [7, 11) is 0. The Bertz CT molecular complexity index is 1040. The number of nitrogens with one attached hydrogen (secondary N) is 4. The largest absolute Gasteiger partial charge is 0.480 e. The van der Waals surface area contributed by atoms with Crippen molar-refractivity contribution < 1.29 is 24.3 Å². The van der Waals surface area contributed by atoms with E-state index < -0.39 is 47.9 Å². The van der Waals surface area contributed by atoms with Gasteiger partial charge < -0.3 is 31.8 Å². The number of amides is 3. The fourth-order valence-electron chi connectivity index (χ4n) is 3.90. The van der Waals surface area contributed by atoms with Crippen LogP contribution < -0.4 is 21.7 Å². The number of nitrogens with zero attached hydrogens (tertiary/aromatic N) is 1. The number of carbonyl (C=O) groups is 4. The summed E-state index contributed by atoms with van der Waals surface area (Å²) in [4.78, 5) is 58.1. The van der Waals surface area contributed by atoms with Crippen LogP contribution in [0.1, 0.15) is 51.8 Å². The monoisotopic (exact) mass is 528 g/mol. The first-order valence-corrected chi connectivity index (χ1v) is 12.9. The average molecular weight is 529 g/mol. The highest BCUT2D eigenvalue weighted by Crippen LogP contribution is 2.10. The van der Waals surface area contributed by atoms with E-state index >= 15 is 0 Å². The van der Waals surface area contributed by atoms with Gasteiger partial charge in [0.05, 0.1) is 12.4 Å². The Morgan fingerprint density at radius 1 is 0.921 bits per heavy atom. The molecule has 1 heterocycles. The number of carboxylic acid groups (broad SMARTS) is 1. The SMILES string of the molecule is CCC(C)C(N)C(=O)NC(CC(C)C)C(=O)NC(Cc1cnc[nH]1)C(=O)NC(Cc1ccccc1)C(=O)O. The first-order valence-electron chi connectivity index (χ1n) is 12.9. The van der Waals surface area contributed by atoms with Crippen LogP contribution in [-0.2, 0) is 32.0 Å². The van der Waals surface area contributed by atoms with Gasteiger partial charge in [0.25, 0.3) is 0 Å². The van der Waals surface area contributed by atoms with Crippen LogP contribution in [0.3, 0.4) is 0 Å². The van der Waals surface area contributed by atoms with Gasteiger partial charge >= 0.3 is 5.97 Å². The molecule has 5 atom stereocenters. The zero-order valence-corrected chi connectivity index (χ0v) is 22.4. The highest BCUT2D eigenvalue weighted by atomic mass is 16.4. The third kappa shape index (κ3) is 9.62. The molecule has 1 aromatic carbocycles. The topological polar surface area (TPSA) is 179 Å². The molecule has 0 aliphatic carbocycles. The third-order valence-corrected chi connectivity index (χ3v) is 6.41. The molecule has 0 saturated heterocycles. The third-order valence-electron chi connectivity index (χ3n) is 6.41. The summed E-state index contributed by atoms with van der Waals surface area (Å²) < 4.78 is 0. The van der Waals surface area contributed by atoms with Crippen molar-refractivity contribution in [2.75, 3.05) is 0 Å².